The molecule has 0 aliphatic carbocycles. The molecular weight excluding hydrogens is 250 g/mol. The lowest BCUT2D eigenvalue weighted by Crippen LogP contribution is -2.09. The number of hydrogen-bond acceptors (Lipinski definition) is 3. The molecule has 0 aromatic heterocycles. The highest BCUT2D eigenvalue weighted by atomic mass is 16.5. The lowest BCUT2D eigenvalue weighted by Gasteiger charge is -2.08. The highest BCUT2D eigenvalue weighted by molar-refractivity contribution is 5.91. The molecule has 0 aliphatic heterocycles. The van der Waals surface area contributed by atoms with E-state index in [0.717, 1.165) is 18.4 Å². The van der Waals surface area contributed by atoms with E-state index in [4.69, 9.17) is 10.5 Å². The number of rotatable bonds is 5. The standard InChI is InChI=1S/C17H19NO2/c1-13-12-15(18)9-10-16(13)17(19)20-11-5-8-14-6-3-2-4-7-14/h2-4,6-7,9-10,12H,5,8,11,18H2,1H3. The van der Waals surface area contributed by atoms with Gasteiger partial charge in [-0.25, -0.2) is 4.79 Å². The third kappa shape index (κ3) is 3.85. The normalized spacial score (nSPS) is 10.2. The Morgan fingerprint density at radius 3 is 2.60 bits per heavy atom. The largest absolute Gasteiger partial charge is 0.462 e. The van der Waals surface area contributed by atoms with Gasteiger partial charge in [0.15, 0.2) is 0 Å². The van der Waals surface area contributed by atoms with E-state index in [9.17, 15) is 4.79 Å². The topological polar surface area (TPSA) is 52.3 Å². The van der Waals surface area contributed by atoms with Crippen molar-refractivity contribution in [1.82, 2.24) is 0 Å². The van der Waals surface area contributed by atoms with Crippen molar-refractivity contribution in [3.05, 3.63) is 65.2 Å². The molecule has 0 unspecified atom stereocenters. The lowest BCUT2D eigenvalue weighted by atomic mass is 10.1. The number of carbonyl (C=O) groups excluding carboxylic acids is 1. The first-order valence-corrected chi connectivity index (χ1v) is 6.74. The quantitative estimate of drug-likeness (QED) is 0.514. The van der Waals surface area contributed by atoms with Crippen LogP contribution in [-0.4, -0.2) is 12.6 Å². The Morgan fingerprint density at radius 2 is 1.90 bits per heavy atom. The molecule has 0 aliphatic rings. The minimum absolute atomic E-state index is 0.282. The predicted molar refractivity (Wildman–Crippen MR) is 80.6 cm³/mol. The fraction of sp³-hybridized carbons (Fsp3) is 0.235. The molecule has 0 spiro atoms. The van der Waals surface area contributed by atoms with E-state index in [1.165, 1.54) is 5.56 Å². The first kappa shape index (κ1) is 14.1. The van der Waals surface area contributed by atoms with Crippen molar-refractivity contribution in [2.45, 2.75) is 19.8 Å². The Kier molecular flexibility index (Phi) is 4.77. The molecule has 2 N–H and O–H groups in total. The minimum Gasteiger partial charge on any atom is -0.462 e. The zero-order valence-corrected chi connectivity index (χ0v) is 11.6. The van der Waals surface area contributed by atoms with Gasteiger partial charge in [0.2, 0.25) is 0 Å². The van der Waals surface area contributed by atoms with Crippen LogP contribution in [0.4, 0.5) is 5.69 Å². The molecule has 3 nitrogen and oxygen atoms in total. The van der Waals surface area contributed by atoms with Gasteiger partial charge >= 0.3 is 5.97 Å². The third-order valence-electron chi connectivity index (χ3n) is 3.16. The monoisotopic (exact) mass is 269 g/mol. The van der Waals surface area contributed by atoms with Crippen molar-refractivity contribution in [1.29, 1.82) is 0 Å². The van der Waals surface area contributed by atoms with Gasteiger partial charge in [0.25, 0.3) is 0 Å². The van der Waals surface area contributed by atoms with E-state index in [-0.39, 0.29) is 5.97 Å². The number of anilines is 1. The maximum atomic E-state index is 11.9. The lowest BCUT2D eigenvalue weighted by molar-refractivity contribution is 0.0500. The molecule has 20 heavy (non-hydrogen) atoms. The molecule has 0 amide bonds. The summed E-state index contributed by atoms with van der Waals surface area (Å²) < 4.78 is 5.29. The van der Waals surface area contributed by atoms with Crippen LogP contribution in [0.2, 0.25) is 0 Å². The van der Waals surface area contributed by atoms with Gasteiger partial charge in [-0.05, 0) is 49.1 Å². The summed E-state index contributed by atoms with van der Waals surface area (Å²) in [5.74, 6) is -0.282. The molecule has 0 bridgehead atoms. The van der Waals surface area contributed by atoms with E-state index >= 15 is 0 Å². The van der Waals surface area contributed by atoms with E-state index in [0.29, 0.717) is 17.9 Å². The second-order valence-corrected chi connectivity index (χ2v) is 4.80. The summed E-state index contributed by atoms with van der Waals surface area (Å²) in [6.45, 7) is 2.29. The van der Waals surface area contributed by atoms with Crippen molar-refractivity contribution < 1.29 is 9.53 Å². The van der Waals surface area contributed by atoms with Gasteiger partial charge in [0.05, 0.1) is 12.2 Å². The molecule has 2 aromatic carbocycles. The van der Waals surface area contributed by atoms with E-state index in [1.807, 2.05) is 25.1 Å². The van der Waals surface area contributed by atoms with Crippen LogP contribution in [0.15, 0.2) is 48.5 Å². The molecule has 0 radical (unpaired) electrons. The number of nitrogen functional groups attached to an aromatic ring is 1. The van der Waals surface area contributed by atoms with Crippen molar-refractivity contribution in [2.75, 3.05) is 12.3 Å². The maximum absolute atomic E-state index is 11.9. The van der Waals surface area contributed by atoms with Crippen LogP contribution >= 0.6 is 0 Å². The smallest absolute Gasteiger partial charge is 0.338 e. The molecule has 0 atom stereocenters. The third-order valence-corrected chi connectivity index (χ3v) is 3.16. The van der Waals surface area contributed by atoms with Gasteiger partial charge in [-0.2, -0.15) is 0 Å². The number of benzene rings is 2. The zero-order valence-electron chi connectivity index (χ0n) is 11.6. The first-order chi connectivity index (χ1) is 9.66. The summed E-state index contributed by atoms with van der Waals surface area (Å²) in [4.78, 5) is 11.9. The van der Waals surface area contributed by atoms with Crippen LogP contribution in [0.3, 0.4) is 0 Å². The van der Waals surface area contributed by atoms with Gasteiger partial charge in [0.1, 0.15) is 0 Å². The number of aryl methyl sites for hydroxylation is 2. The van der Waals surface area contributed by atoms with Crippen molar-refractivity contribution in [3.8, 4) is 0 Å². The molecule has 2 rings (SSSR count). The fourth-order valence-electron chi connectivity index (χ4n) is 2.08. The summed E-state index contributed by atoms with van der Waals surface area (Å²) in [6, 6.07) is 15.4. The Hall–Kier alpha value is -2.29. The van der Waals surface area contributed by atoms with Crippen molar-refractivity contribution in [3.63, 3.8) is 0 Å². The summed E-state index contributed by atoms with van der Waals surface area (Å²) in [5.41, 5.74) is 9.00. The number of carbonyl (C=O) groups is 1. The SMILES string of the molecule is Cc1cc(N)ccc1C(=O)OCCCc1ccccc1. The van der Waals surface area contributed by atoms with Crippen LogP contribution in [0.5, 0.6) is 0 Å². The average molecular weight is 269 g/mol. The van der Waals surface area contributed by atoms with E-state index in [2.05, 4.69) is 12.1 Å². The predicted octanol–water partition coefficient (Wildman–Crippen LogP) is 3.37. The Bertz CT molecular complexity index is 579. The van der Waals surface area contributed by atoms with Crippen molar-refractivity contribution >= 4 is 11.7 Å². The molecule has 0 fully saturated rings. The number of esters is 1. The Morgan fingerprint density at radius 1 is 1.15 bits per heavy atom. The number of nitrogens with two attached hydrogens (primary N) is 1. The average Bonchev–Trinajstić information content (AvgIpc) is 2.44. The molecule has 2 aromatic rings. The van der Waals surface area contributed by atoms with Gasteiger partial charge in [0, 0.05) is 5.69 Å². The molecular formula is C17H19NO2. The highest BCUT2D eigenvalue weighted by Gasteiger charge is 2.10. The molecule has 104 valence electrons. The van der Waals surface area contributed by atoms with Crippen LogP contribution < -0.4 is 5.73 Å². The van der Waals surface area contributed by atoms with Crippen LogP contribution in [-0.2, 0) is 11.2 Å². The Labute approximate surface area is 119 Å². The highest BCUT2D eigenvalue weighted by Crippen LogP contribution is 2.14. The van der Waals surface area contributed by atoms with Crippen LogP contribution in [0, 0.1) is 6.92 Å². The fourth-order valence-corrected chi connectivity index (χ4v) is 2.08. The minimum atomic E-state index is -0.282. The van der Waals surface area contributed by atoms with Crippen LogP contribution in [0.1, 0.15) is 27.9 Å². The van der Waals surface area contributed by atoms with Gasteiger partial charge in [-0.1, -0.05) is 30.3 Å². The zero-order chi connectivity index (χ0) is 14.4. The molecule has 3 heteroatoms. The molecule has 0 heterocycles. The second kappa shape index (κ2) is 6.75. The van der Waals surface area contributed by atoms with E-state index < -0.39 is 0 Å². The Balaban J connectivity index is 1.80. The van der Waals surface area contributed by atoms with Gasteiger partial charge in [-0.3, -0.25) is 0 Å². The number of hydrogen-bond donors (Lipinski definition) is 1. The maximum Gasteiger partial charge on any atom is 0.338 e. The molecule has 0 saturated heterocycles. The van der Waals surface area contributed by atoms with Gasteiger partial charge in [-0.15, -0.1) is 0 Å². The van der Waals surface area contributed by atoms with Crippen LogP contribution in [0.25, 0.3) is 0 Å². The summed E-state index contributed by atoms with van der Waals surface area (Å²) in [7, 11) is 0. The first-order valence-electron chi connectivity index (χ1n) is 6.74. The summed E-state index contributed by atoms with van der Waals surface area (Å²) >= 11 is 0. The summed E-state index contributed by atoms with van der Waals surface area (Å²) in [6.07, 6.45) is 1.73. The van der Waals surface area contributed by atoms with Crippen molar-refractivity contribution in [2.24, 2.45) is 0 Å². The number of ether oxygens (including phenoxy) is 1. The van der Waals surface area contributed by atoms with E-state index in [1.54, 1.807) is 18.2 Å². The molecule has 0 saturated carbocycles. The van der Waals surface area contributed by atoms with Gasteiger partial charge < -0.3 is 10.5 Å². The summed E-state index contributed by atoms with van der Waals surface area (Å²) in [5, 5.41) is 0. The second-order valence-electron chi connectivity index (χ2n) is 4.80.